The number of carbonyl (C=O) groups is 1. The van der Waals surface area contributed by atoms with Crippen LogP contribution in [0.15, 0.2) is 29.6 Å². The van der Waals surface area contributed by atoms with E-state index in [1.165, 1.54) is 13.2 Å². The number of nitrogens with one attached hydrogen (secondary N) is 1. The zero-order valence-corrected chi connectivity index (χ0v) is 12.4. The Morgan fingerprint density at radius 2 is 2.24 bits per heavy atom. The minimum Gasteiger partial charge on any atom is -0.465 e. The number of anilines is 1. The van der Waals surface area contributed by atoms with Crippen molar-refractivity contribution in [1.29, 1.82) is 0 Å². The second-order valence-corrected chi connectivity index (χ2v) is 5.26. The Kier molecular flexibility index (Phi) is 4.54. The number of nitro groups is 1. The lowest BCUT2D eigenvalue weighted by molar-refractivity contribution is -0.380. The van der Waals surface area contributed by atoms with E-state index in [9.17, 15) is 14.9 Å². The van der Waals surface area contributed by atoms with Crippen LogP contribution in [0.1, 0.15) is 21.5 Å². The smallest absolute Gasteiger partial charge is 0.338 e. The van der Waals surface area contributed by atoms with Crippen molar-refractivity contribution < 1.29 is 14.5 Å². The summed E-state index contributed by atoms with van der Waals surface area (Å²) in [5, 5.41) is 15.7. The topological polar surface area (TPSA) is 81.5 Å². The predicted octanol–water partition coefficient (Wildman–Crippen LogP) is 3.36. The molecule has 0 atom stereocenters. The summed E-state index contributed by atoms with van der Waals surface area (Å²) in [6, 6.07) is 6.85. The molecule has 0 saturated heterocycles. The number of esters is 1. The normalized spacial score (nSPS) is 10.2. The number of methoxy groups -OCH3 is 1. The zero-order chi connectivity index (χ0) is 15.4. The molecule has 0 amide bonds. The molecular formula is C14H14N2O4S. The summed E-state index contributed by atoms with van der Waals surface area (Å²) in [5.41, 5.74) is 2.91. The summed E-state index contributed by atoms with van der Waals surface area (Å²) >= 11 is 1.10. The summed E-state index contributed by atoms with van der Waals surface area (Å²) in [6.07, 6.45) is 0. The summed E-state index contributed by atoms with van der Waals surface area (Å²) in [6.45, 7) is 2.28. The van der Waals surface area contributed by atoms with Crippen molar-refractivity contribution in [2.24, 2.45) is 0 Å². The Morgan fingerprint density at radius 1 is 1.48 bits per heavy atom. The third-order valence-corrected chi connectivity index (χ3v) is 3.97. The van der Waals surface area contributed by atoms with Crippen LogP contribution < -0.4 is 5.32 Å². The number of thiophene rings is 1. The van der Waals surface area contributed by atoms with Crippen molar-refractivity contribution in [2.45, 2.75) is 13.5 Å². The highest BCUT2D eigenvalue weighted by molar-refractivity contribution is 7.13. The molecule has 1 aromatic heterocycles. The number of hydrogen-bond donors (Lipinski definition) is 1. The third kappa shape index (κ3) is 3.38. The molecule has 7 heteroatoms. The minimum atomic E-state index is -0.405. The zero-order valence-electron chi connectivity index (χ0n) is 11.6. The van der Waals surface area contributed by atoms with Crippen molar-refractivity contribution in [1.82, 2.24) is 0 Å². The molecule has 1 N–H and O–H groups in total. The highest BCUT2D eigenvalue weighted by Gasteiger charge is 2.13. The summed E-state index contributed by atoms with van der Waals surface area (Å²) < 4.78 is 4.72. The van der Waals surface area contributed by atoms with Crippen molar-refractivity contribution >= 4 is 28.0 Å². The van der Waals surface area contributed by atoms with E-state index in [4.69, 9.17) is 4.74 Å². The Bertz CT molecular complexity index is 681. The first-order valence-electron chi connectivity index (χ1n) is 6.16. The lowest BCUT2D eigenvalue weighted by Crippen LogP contribution is -2.07. The van der Waals surface area contributed by atoms with Gasteiger partial charge in [-0.2, -0.15) is 0 Å². The highest BCUT2D eigenvalue weighted by Crippen LogP contribution is 2.25. The van der Waals surface area contributed by atoms with Crippen molar-refractivity contribution in [3.05, 3.63) is 56.5 Å². The van der Waals surface area contributed by atoms with Gasteiger partial charge in [-0.15, -0.1) is 0 Å². The Morgan fingerprint density at radius 3 is 2.86 bits per heavy atom. The minimum absolute atomic E-state index is 0.117. The first-order chi connectivity index (χ1) is 10.0. The second kappa shape index (κ2) is 6.36. The lowest BCUT2D eigenvalue weighted by Gasteiger charge is -2.11. The van der Waals surface area contributed by atoms with Crippen LogP contribution in [-0.2, 0) is 11.3 Å². The monoisotopic (exact) mass is 306 g/mol. The van der Waals surface area contributed by atoms with Gasteiger partial charge in [0.25, 0.3) is 0 Å². The van der Waals surface area contributed by atoms with E-state index in [1.807, 2.05) is 13.0 Å². The van der Waals surface area contributed by atoms with E-state index in [2.05, 4.69) is 5.32 Å². The fourth-order valence-electron chi connectivity index (χ4n) is 1.91. The number of nitrogens with zero attached hydrogens (tertiary/aromatic N) is 1. The van der Waals surface area contributed by atoms with Crippen molar-refractivity contribution in [2.75, 3.05) is 12.4 Å². The largest absolute Gasteiger partial charge is 0.465 e. The Hall–Kier alpha value is -2.41. The van der Waals surface area contributed by atoms with Crippen LogP contribution >= 0.6 is 11.3 Å². The van der Waals surface area contributed by atoms with Crippen LogP contribution in [0.3, 0.4) is 0 Å². The Balaban J connectivity index is 2.12. The van der Waals surface area contributed by atoms with Gasteiger partial charge in [-0.05, 0) is 30.2 Å². The van der Waals surface area contributed by atoms with Crippen LogP contribution in [-0.4, -0.2) is 18.0 Å². The van der Waals surface area contributed by atoms with E-state index >= 15 is 0 Å². The maximum Gasteiger partial charge on any atom is 0.338 e. The molecule has 1 aromatic carbocycles. The van der Waals surface area contributed by atoms with Gasteiger partial charge in [-0.25, -0.2) is 4.79 Å². The van der Waals surface area contributed by atoms with Gasteiger partial charge in [0.15, 0.2) is 0 Å². The third-order valence-electron chi connectivity index (χ3n) is 3.04. The maximum absolute atomic E-state index is 11.6. The van der Waals surface area contributed by atoms with Crippen molar-refractivity contribution in [3.8, 4) is 0 Å². The number of rotatable bonds is 5. The second-order valence-electron chi connectivity index (χ2n) is 4.37. The molecule has 0 saturated carbocycles. The molecule has 0 aliphatic heterocycles. The quantitative estimate of drug-likeness (QED) is 0.520. The standard InChI is InChI=1S/C14H14N2O4S/c1-9-11(14(17)20-2)4-3-5-12(9)15-7-10-6-13(16(18)19)21-8-10/h3-6,8,15H,7H2,1-2H3. The van der Waals surface area contributed by atoms with E-state index < -0.39 is 4.92 Å². The molecular weight excluding hydrogens is 292 g/mol. The molecule has 110 valence electrons. The Labute approximate surface area is 125 Å². The number of benzene rings is 1. The van der Waals surface area contributed by atoms with Crippen LogP contribution in [0.25, 0.3) is 0 Å². The van der Waals surface area contributed by atoms with E-state index in [1.54, 1.807) is 17.5 Å². The molecule has 0 radical (unpaired) electrons. The lowest BCUT2D eigenvalue weighted by atomic mass is 10.1. The molecule has 0 aliphatic rings. The van der Waals surface area contributed by atoms with E-state index in [0.29, 0.717) is 12.1 Å². The first kappa shape index (κ1) is 15.0. The first-order valence-corrected chi connectivity index (χ1v) is 7.04. The van der Waals surface area contributed by atoms with E-state index in [-0.39, 0.29) is 11.0 Å². The average molecular weight is 306 g/mol. The molecule has 2 rings (SSSR count). The van der Waals surface area contributed by atoms with Gasteiger partial charge < -0.3 is 10.1 Å². The SMILES string of the molecule is COC(=O)c1cccc(NCc2csc([N+](=O)[O-])c2)c1C. The molecule has 0 fully saturated rings. The van der Waals surface area contributed by atoms with Gasteiger partial charge in [0.2, 0.25) is 0 Å². The van der Waals surface area contributed by atoms with Crippen molar-refractivity contribution in [3.63, 3.8) is 0 Å². The van der Waals surface area contributed by atoms with Gasteiger partial charge in [-0.3, -0.25) is 10.1 Å². The van der Waals surface area contributed by atoms with Gasteiger partial charge >= 0.3 is 11.0 Å². The molecule has 0 unspecified atom stereocenters. The van der Waals surface area contributed by atoms with Gasteiger partial charge in [0, 0.05) is 23.7 Å². The molecule has 0 bridgehead atoms. The summed E-state index contributed by atoms with van der Waals surface area (Å²) in [5.74, 6) is -0.387. The molecule has 6 nitrogen and oxygen atoms in total. The highest BCUT2D eigenvalue weighted by atomic mass is 32.1. The number of carbonyl (C=O) groups excluding carboxylic acids is 1. The van der Waals surface area contributed by atoms with Gasteiger partial charge in [0.05, 0.1) is 17.6 Å². The van der Waals surface area contributed by atoms with Crippen LogP contribution in [0.4, 0.5) is 10.7 Å². The van der Waals surface area contributed by atoms with Crippen LogP contribution in [0.2, 0.25) is 0 Å². The van der Waals surface area contributed by atoms with E-state index in [0.717, 1.165) is 28.2 Å². The van der Waals surface area contributed by atoms with Gasteiger partial charge in [0.1, 0.15) is 0 Å². The number of hydrogen-bond acceptors (Lipinski definition) is 6. The average Bonchev–Trinajstić information content (AvgIpc) is 2.94. The molecule has 1 heterocycles. The maximum atomic E-state index is 11.6. The predicted molar refractivity (Wildman–Crippen MR) is 80.8 cm³/mol. The van der Waals surface area contributed by atoms with Gasteiger partial charge in [-0.1, -0.05) is 17.4 Å². The molecule has 0 spiro atoms. The molecule has 0 aliphatic carbocycles. The summed E-state index contributed by atoms with van der Waals surface area (Å²) in [7, 11) is 1.34. The molecule has 21 heavy (non-hydrogen) atoms. The molecule has 2 aromatic rings. The fourth-order valence-corrected chi connectivity index (χ4v) is 2.64. The fraction of sp³-hybridized carbons (Fsp3) is 0.214. The van der Waals surface area contributed by atoms with Crippen LogP contribution in [0.5, 0.6) is 0 Å². The summed E-state index contributed by atoms with van der Waals surface area (Å²) in [4.78, 5) is 21.8. The van der Waals surface area contributed by atoms with Crippen LogP contribution in [0, 0.1) is 17.0 Å². The number of ether oxygens (including phenoxy) is 1.